The van der Waals surface area contributed by atoms with E-state index in [1.807, 2.05) is 0 Å². The van der Waals surface area contributed by atoms with Crippen LogP contribution in [-0.4, -0.2) is 41.2 Å². The largest absolute Gasteiger partial charge is 0.393 e. The average Bonchev–Trinajstić information content (AvgIpc) is 2.38. The predicted octanol–water partition coefficient (Wildman–Crippen LogP) is -0.940. The summed E-state index contributed by atoms with van der Waals surface area (Å²) in [5, 5.41) is 12.6. The summed E-state index contributed by atoms with van der Waals surface area (Å²) in [5.41, 5.74) is 1.29. The van der Waals surface area contributed by atoms with E-state index in [0.29, 0.717) is 0 Å². The van der Waals surface area contributed by atoms with Crippen LogP contribution in [0.2, 0.25) is 0 Å². The van der Waals surface area contributed by atoms with Crippen LogP contribution in [0, 0.1) is 5.92 Å². The molecule has 80 valence electrons. The van der Waals surface area contributed by atoms with Gasteiger partial charge in [0.25, 0.3) is 5.91 Å². The van der Waals surface area contributed by atoms with Crippen molar-refractivity contribution in [3.63, 3.8) is 0 Å². The van der Waals surface area contributed by atoms with E-state index in [4.69, 9.17) is 0 Å². The first-order valence-corrected chi connectivity index (χ1v) is 4.44. The Labute approximate surface area is 82.2 Å². The first-order chi connectivity index (χ1) is 6.49. The van der Waals surface area contributed by atoms with E-state index in [0.717, 1.165) is 5.01 Å². The maximum absolute atomic E-state index is 11.8. The normalized spacial score (nSPS) is 27.4. The van der Waals surface area contributed by atoms with E-state index in [-0.39, 0.29) is 5.92 Å². The van der Waals surface area contributed by atoms with Gasteiger partial charge in [-0.2, -0.15) is 5.01 Å². The minimum atomic E-state index is -1.18. The van der Waals surface area contributed by atoms with Crippen molar-refractivity contribution in [3.05, 3.63) is 0 Å². The summed E-state index contributed by atoms with van der Waals surface area (Å²) < 4.78 is 0. The summed E-state index contributed by atoms with van der Waals surface area (Å²) in [7, 11) is 1.48. The lowest BCUT2D eigenvalue weighted by Gasteiger charge is -2.27. The summed E-state index contributed by atoms with van der Waals surface area (Å²) >= 11 is 0. The van der Waals surface area contributed by atoms with Crippen LogP contribution in [0.5, 0.6) is 0 Å². The molecular formula is C8H15N3O3. The Balaban J connectivity index is 3.03. The molecule has 0 saturated carbocycles. The molecule has 6 nitrogen and oxygen atoms in total. The van der Waals surface area contributed by atoms with Crippen molar-refractivity contribution in [1.82, 2.24) is 15.8 Å². The molecule has 1 aliphatic heterocycles. The van der Waals surface area contributed by atoms with Gasteiger partial charge in [0.05, 0.1) is 6.61 Å². The highest BCUT2D eigenvalue weighted by Crippen LogP contribution is 2.24. The van der Waals surface area contributed by atoms with Crippen LogP contribution >= 0.6 is 0 Å². The quantitative estimate of drug-likeness (QED) is 0.515. The molecule has 3 amide bonds. The van der Waals surface area contributed by atoms with Gasteiger partial charge in [0.15, 0.2) is 0 Å². The van der Waals surface area contributed by atoms with Crippen LogP contribution in [0.15, 0.2) is 0 Å². The second kappa shape index (κ2) is 3.55. The Bertz CT molecular complexity index is 267. The van der Waals surface area contributed by atoms with Crippen molar-refractivity contribution in [2.45, 2.75) is 19.4 Å². The number of hydrogen-bond donors (Lipinski definition) is 3. The Morgan fingerprint density at radius 2 is 2.14 bits per heavy atom. The van der Waals surface area contributed by atoms with Gasteiger partial charge in [0, 0.05) is 7.05 Å². The molecule has 0 aromatic rings. The third-order valence-corrected chi connectivity index (χ3v) is 2.58. The zero-order chi connectivity index (χ0) is 10.9. The van der Waals surface area contributed by atoms with Gasteiger partial charge >= 0.3 is 6.03 Å². The first kappa shape index (κ1) is 10.9. The molecule has 0 aromatic carbocycles. The van der Waals surface area contributed by atoms with Crippen LogP contribution in [0.4, 0.5) is 4.79 Å². The molecule has 0 bridgehead atoms. The Morgan fingerprint density at radius 3 is 2.36 bits per heavy atom. The lowest BCUT2D eigenvalue weighted by atomic mass is 9.87. The lowest BCUT2D eigenvalue weighted by molar-refractivity contribution is -0.136. The summed E-state index contributed by atoms with van der Waals surface area (Å²) in [6.07, 6.45) is 0. The smallest absolute Gasteiger partial charge is 0.339 e. The van der Waals surface area contributed by atoms with E-state index >= 15 is 0 Å². The highest BCUT2D eigenvalue weighted by Gasteiger charge is 2.52. The van der Waals surface area contributed by atoms with Gasteiger partial charge in [-0.05, 0) is 5.92 Å². The minimum Gasteiger partial charge on any atom is -0.393 e. The Hall–Kier alpha value is -1.14. The molecule has 1 heterocycles. The highest BCUT2D eigenvalue weighted by atomic mass is 16.3. The van der Waals surface area contributed by atoms with E-state index in [1.165, 1.54) is 7.05 Å². The zero-order valence-electron chi connectivity index (χ0n) is 8.50. The molecule has 1 saturated heterocycles. The summed E-state index contributed by atoms with van der Waals surface area (Å²) in [6, 6.07) is -0.528. The fraction of sp³-hybridized carbons (Fsp3) is 0.750. The van der Waals surface area contributed by atoms with Crippen LogP contribution in [0.3, 0.4) is 0 Å². The monoisotopic (exact) mass is 201 g/mol. The SMILES string of the molecule is CNN1C(=O)NC(CO)(C(C)C)C1=O. The highest BCUT2D eigenvalue weighted by molar-refractivity contribution is 6.06. The molecule has 0 radical (unpaired) electrons. The number of carbonyl (C=O) groups excluding carboxylic acids is 2. The van der Waals surface area contributed by atoms with Crippen LogP contribution in [0.1, 0.15) is 13.8 Å². The number of rotatable bonds is 3. The number of carbonyl (C=O) groups is 2. The van der Waals surface area contributed by atoms with Crippen molar-refractivity contribution < 1.29 is 14.7 Å². The molecule has 1 aliphatic rings. The minimum absolute atomic E-state index is 0.165. The Morgan fingerprint density at radius 1 is 1.57 bits per heavy atom. The Kier molecular flexibility index (Phi) is 2.77. The fourth-order valence-corrected chi connectivity index (χ4v) is 1.48. The standard InChI is InChI=1S/C8H15N3O3/c1-5(2)8(4-12)6(13)11(9-3)7(14)10-8/h5,9,12H,4H2,1-3H3,(H,10,14). The molecule has 1 fully saturated rings. The van der Waals surface area contributed by atoms with E-state index in [2.05, 4.69) is 10.7 Å². The molecule has 3 N–H and O–H groups in total. The summed E-state index contributed by atoms with van der Waals surface area (Å²) in [6.45, 7) is 3.15. The number of nitrogens with zero attached hydrogens (tertiary/aromatic N) is 1. The number of aliphatic hydroxyl groups excluding tert-OH is 1. The fourth-order valence-electron chi connectivity index (χ4n) is 1.48. The average molecular weight is 201 g/mol. The van der Waals surface area contributed by atoms with Gasteiger partial charge in [-0.3, -0.25) is 4.79 Å². The van der Waals surface area contributed by atoms with Crippen LogP contribution < -0.4 is 10.7 Å². The maximum atomic E-state index is 11.8. The van der Waals surface area contributed by atoms with Gasteiger partial charge in [-0.15, -0.1) is 0 Å². The molecule has 14 heavy (non-hydrogen) atoms. The molecule has 1 atom stereocenters. The summed E-state index contributed by atoms with van der Waals surface area (Å²) in [5.74, 6) is -0.607. The zero-order valence-corrected chi connectivity index (χ0v) is 8.50. The van der Waals surface area contributed by atoms with Crippen molar-refractivity contribution in [2.24, 2.45) is 5.92 Å². The third-order valence-electron chi connectivity index (χ3n) is 2.58. The molecule has 0 aromatic heterocycles. The molecule has 1 rings (SSSR count). The first-order valence-electron chi connectivity index (χ1n) is 4.44. The van der Waals surface area contributed by atoms with E-state index < -0.39 is 24.1 Å². The number of aliphatic hydroxyl groups is 1. The predicted molar refractivity (Wildman–Crippen MR) is 49.1 cm³/mol. The molecule has 0 spiro atoms. The number of hydrogen-bond acceptors (Lipinski definition) is 4. The van der Waals surface area contributed by atoms with Gasteiger partial charge in [0.2, 0.25) is 0 Å². The maximum Gasteiger partial charge on any atom is 0.339 e. The topological polar surface area (TPSA) is 81.7 Å². The van der Waals surface area contributed by atoms with Gasteiger partial charge in [0.1, 0.15) is 5.54 Å². The second-order valence-corrected chi connectivity index (χ2v) is 3.58. The van der Waals surface area contributed by atoms with Crippen LogP contribution in [0.25, 0.3) is 0 Å². The third kappa shape index (κ3) is 1.27. The molecule has 6 heteroatoms. The number of imide groups is 1. The lowest BCUT2D eigenvalue weighted by Crippen LogP contribution is -2.55. The number of hydrazine groups is 1. The van der Waals surface area contributed by atoms with Gasteiger partial charge in [-0.1, -0.05) is 13.8 Å². The van der Waals surface area contributed by atoms with Crippen LogP contribution in [-0.2, 0) is 4.79 Å². The van der Waals surface area contributed by atoms with Gasteiger partial charge < -0.3 is 10.4 Å². The van der Waals surface area contributed by atoms with E-state index in [9.17, 15) is 14.7 Å². The molecule has 1 unspecified atom stereocenters. The summed E-state index contributed by atoms with van der Waals surface area (Å²) in [4.78, 5) is 23.1. The molecular weight excluding hydrogens is 186 g/mol. The van der Waals surface area contributed by atoms with Gasteiger partial charge in [-0.25, -0.2) is 10.2 Å². The van der Waals surface area contributed by atoms with Crippen molar-refractivity contribution >= 4 is 11.9 Å². The van der Waals surface area contributed by atoms with Crippen molar-refractivity contribution in [1.29, 1.82) is 0 Å². The second-order valence-electron chi connectivity index (χ2n) is 3.58. The number of nitrogens with one attached hydrogen (secondary N) is 2. The van der Waals surface area contributed by atoms with Crippen molar-refractivity contribution in [3.8, 4) is 0 Å². The molecule has 0 aliphatic carbocycles. The van der Waals surface area contributed by atoms with E-state index in [1.54, 1.807) is 13.8 Å². The van der Waals surface area contributed by atoms with Crippen molar-refractivity contribution in [2.75, 3.05) is 13.7 Å². The number of urea groups is 1. The number of amides is 3.